The molecule has 0 saturated carbocycles. The van der Waals surface area contributed by atoms with E-state index in [0.29, 0.717) is 6.61 Å². The van der Waals surface area contributed by atoms with E-state index in [1.165, 1.54) is 0 Å². The fourth-order valence-electron chi connectivity index (χ4n) is 1.97. The predicted molar refractivity (Wildman–Crippen MR) is 71.7 cm³/mol. The first kappa shape index (κ1) is 13.5. The average molecular weight is 262 g/mol. The van der Waals surface area contributed by atoms with Crippen LogP contribution in [0.1, 0.15) is 19.7 Å². The molecule has 1 heterocycles. The van der Waals surface area contributed by atoms with Crippen molar-refractivity contribution in [2.45, 2.75) is 33.1 Å². The molecule has 5 heteroatoms. The molecule has 0 atom stereocenters. The second-order valence-corrected chi connectivity index (χ2v) is 4.57. The van der Waals surface area contributed by atoms with E-state index in [1.807, 2.05) is 42.7 Å². The van der Waals surface area contributed by atoms with Crippen molar-refractivity contribution < 1.29 is 14.3 Å². The summed E-state index contributed by atoms with van der Waals surface area (Å²) in [6, 6.07) is 7.69. The molecular formula is C14H18N2O3. The Morgan fingerprint density at radius 2 is 2.11 bits per heavy atom. The molecule has 0 unspecified atom stereocenters. The molecular weight excluding hydrogens is 244 g/mol. The van der Waals surface area contributed by atoms with Gasteiger partial charge in [0.25, 0.3) is 0 Å². The van der Waals surface area contributed by atoms with Gasteiger partial charge >= 0.3 is 5.97 Å². The van der Waals surface area contributed by atoms with Crippen LogP contribution in [0.2, 0.25) is 0 Å². The molecule has 0 radical (unpaired) electrons. The first-order valence-electron chi connectivity index (χ1n) is 6.24. The van der Waals surface area contributed by atoms with E-state index in [-0.39, 0.29) is 18.6 Å². The van der Waals surface area contributed by atoms with E-state index in [0.717, 1.165) is 16.9 Å². The summed E-state index contributed by atoms with van der Waals surface area (Å²) in [4.78, 5) is 16.3. The third-order valence-electron chi connectivity index (χ3n) is 2.66. The molecule has 0 spiro atoms. The van der Waals surface area contributed by atoms with Crippen LogP contribution in [0.5, 0.6) is 0 Å². The summed E-state index contributed by atoms with van der Waals surface area (Å²) in [5, 5.41) is 0. The van der Waals surface area contributed by atoms with Crippen LogP contribution in [-0.2, 0) is 27.4 Å². The molecule has 1 aromatic heterocycles. The molecule has 0 amide bonds. The molecule has 0 aliphatic heterocycles. The number of carbonyl (C=O) groups excluding carboxylic acids is 1. The van der Waals surface area contributed by atoms with Crippen molar-refractivity contribution in [3.8, 4) is 0 Å². The molecule has 0 saturated heterocycles. The molecule has 102 valence electrons. The minimum atomic E-state index is -0.268. The van der Waals surface area contributed by atoms with Gasteiger partial charge in [-0.05, 0) is 26.0 Å². The quantitative estimate of drug-likeness (QED) is 0.775. The zero-order chi connectivity index (χ0) is 13.8. The summed E-state index contributed by atoms with van der Waals surface area (Å²) in [5.74, 6) is 0.458. The van der Waals surface area contributed by atoms with E-state index < -0.39 is 0 Å². The van der Waals surface area contributed by atoms with Crippen molar-refractivity contribution in [3.05, 3.63) is 30.1 Å². The lowest BCUT2D eigenvalue weighted by Crippen LogP contribution is -2.19. The number of rotatable bonds is 5. The molecule has 2 rings (SSSR count). The van der Waals surface area contributed by atoms with Crippen molar-refractivity contribution in [2.75, 3.05) is 7.11 Å². The Balaban J connectivity index is 2.33. The summed E-state index contributed by atoms with van der Waals surface area (Å²) in [6.45, 7) is 4.18. The van der Waals surface area contributed by atoms with Crippen molar-refractivity contribution in [2.24, 2.45) is 0 Å². The lowest BCUT2D eigenvalue weighted by atomic mass is 10.3. The summed E-state index contributed by atoms with van der Waals surface area (Å²) in [5.41, 5.74) is 1.77. The number of hydrogen-bond acceptors (Lipinski definition) is 4. The lowest BCUT2D eigenvalue weighted by molar-refractivity contribution is -0.148. The second kappa shape index (κ2) is 5.84. The fraction of sp³-hybridized carbons (Fsp3) is 0.429. The number of esters is 1. The Morgan fingerprint density at radius 1 is 1.37 bits per heavy atom. The third-order valence-corrected chi connectivity index (χ3v) is 2.66. The Hall–Kier alpha value is -1.88. The third kappa shape index (κ3) is 3.12. The predicted octanol–water partition coefficient (Wildman–Crippen LogP) is 2.13. The van der Waals surface area contributed by atoms with Gasteiger partial charge in [-0.1, -0.05) is 12.1 Å². The van der Waals surface area contributed by atoms with Gasteiger partial charge < -0.3 is 14.0 Å². The Bertz CT molecular complexity index is 575. The van der Waals surface area contributed by atoms with Crippen LogP contribution in [-0.4, -0.2) is 28.7 Å². The van der Waals surface area contributed by atoms with Crippen LogP contribution in [0.25, 0.3) is 11.0 Å². The Kier molecular flexibility index (Phi) is 4.16. The Morgan fingerprint density at radius 3 is 2.79 bits per heavy atom. The minimum absolute atomic E-state index is 0.117. The number of para-hydroxylation sites is 2. The van der Waals surface area contributed by atoms with Crippen molar-refractivity contribution in [1.29, 1.82) is 0 Å². The minimum Gasteiger partial charge on any atom is -0.462 e. The van der Waals surface area contributed by atoms with E-state index in [9.17, 15) is 4.79 Å². The highest BCUT2D eigenvalue weighted by molar-refractivity contribution is 5.78. The maximum Gasteiger partial charge on any atom is 0.326 e. The molecule has 0 fully saturated rings. The van der Waals surface area contributed by atoms with Crippen LogP contribution in [0.15, 0.2) is 24.3 Å². The number of hydrogen-bond donors (Lipinski definition) is 0. The number of carbonyl (C=O) groups is 1. The highest BCUT2D eigenvalue weighted by Gasteiger charge is 2.14. The van der Waals surface area contributed by atoms with Gasteiger partial charge in [-0.25, -0.2) is 4.98 Å². The molecule has 0 N–H and O–H groups in total. The topological polar surface area (TPSA) is 53.4 Å². The van der Waals surface area contributed by atoms with Gasteiger partial charge in [0.05, 0.1) is 17.1 Å². The van der Waals surface area contributed by atoms with Gasteiger partial charge in [0.15, 0.2) is 0 Å². The van der Waals surface area contributed by atoms with Crippen molar-refractivity contribution in [3.63, 3.8) is 0 Å². The van der Waals surface area contributed by atoms with Gasteiger partial charge in [-0.15, -0.1) is 0 Å². The smallest absolute Gasteiger partial charge is 0.326 e. The molecule has 0 aliphatic rings. The summed E-state index contributed by atoms with van der Waals surface area (Å²) >= 11 is 0. The summed E-state index contributed by atoms with van der Waals surface area (Å²) in [6.07, 6.45) is -0.117. The molecule has 2 aromatic rings. The number of fused-ring (bicyclic) bond motifs is 1. The van der Waals surface area contributed by atoms with Gasteiger partial charge in [0, 0.05) is 7.11 Å². The van der Waals surface area contributed by atoms with E-state index in [1.54, 1.807) is 7.11 Å². The van der Waals surface area contributed by atoms with E-state index in [2.05, 4.69) is 4.98 Å². The molecule has 19 heavy (non-hydrogen) atoms. The standard InChI is InChI=1S/C14H18N2O3/c1-10(2)19-14(17)8-16-12-7-5-4-6-11(12)15-13(16)9-18-3/h4-7,10H,8-9H2,1-3H3. The number of nitrogens with zero attached hydrogens (tertiary/aromatic N) is 2. The Labute approximate surface area is 112 Å². The van der Waals surface area contributed by atoms with Gasteiger partial charge in [0.2, 0.25) is 0 Å². The van der Waals surface area contributed by atoms with Crippen molar-refractivity contribution >= 4 is 17.0 Å². The monoisotopic (exact) mass is 262 g/mol. The first-order valence-corrected chi connectivity index (χ1v) is 6.24. The number of imidazole rings is 1. The van der Waals surface area contributed by atoms with Gasteiger partial charge in [-0.3, -0.25) is 4.79 Å². The van der Waals surface area contributed by atoms with Crippen LogP contribution in [0, 0.1) is 0 Å². The fourth-order valence-corrected chi connectivity index (χ4v) is 1.97. The molecule has 1 aromatic carbocycles. The van der Waals surface area contributed by atoms with E-state index >= 15 is 0 Å². The zero-order valence-electron chi connectivity index (χ0n) is 11.4. The second-order valence-electron chi connectivity index (χ2n) is 4.57. The van der Waals surface area contributed by atoms with Gasteiger partial charge in [0.1, 0.15) is 19.0 Å². The normalized spacial score (nSPS) is 11.2. The number of methoxy groups -OCH3 is 1. The maximum absolute atomic E-state index is 11.8. The van der Waals surface area contributed by atoms with E-state index in [4.69, 9.17) is 9.47 Å². The average Bonchev–Trinajstić information content (AvgIpc) is 2.67. The summed E-state index contributed by atoms with van der Waals surface area (Å²) in [7, 11) is 1.61. The molecule has 0 aliphatic carbocycles. The first-order chi connectivity index (χ1) is 9.11. The highest BCUT2D eigenvalue weighted by Crippen LogP contribution is 2.16. The number of ether oxygens (including phenoxy) is 2. The lowest BCUT2D eigenvalue weighted by Gasteiger charge is -2.11. The molecule has 0 bridgehead atoms. The summed E-state index contributed by atoms with van der Waals surface area (Å²) < 4.78 is 12.1. The molecule has 5 nitrogen and oxygen atoms in total. The van der Waals surface area contributed by atoms with Crippen LogP contribution < -0.4 is 0 Å². The largest absolute Gasteiger partial charge is 0.462 e. The van der Waals surface area contributed by atoms with Crippen molar-refractivity contribution in [1.82, 2.24) is 9.55 Å². The maximum atomic E-state index is 11.8. The zero-order valence-corrected chi connectivity index (χ0v) is 11.4. The van der Waals surface area contributed by atoms with Crippen LogP contribution in [0.3, 0.4) is 0 Å². The number of aromatic nitrogens is 2. The van der Waals surface area contributed by atoms with Crippen LogP contribution in [0.4, 0.5) is 0 Å². The number of benzene rings is 1. The van der Waals surface area contributed by atoms with Gasteiger partial charge in [-0.2, -0.15) is 0 Å². The highest BCUT2D eigenvalue weighted by atomic mass is 16.5. The van der Waals surface area contributed by atoms with Crippen LogP contribution >= 0.6 is 0 Å². The SMILES string of the molecule is COCc1nc2ccccc2n1CC(=O)OC(C)C.